The zero-order chi connectivity index (χ0) is 33.9. The molecule has 7 heteroatoms. The predicted octanol–water partition coefficient (Wildman–Crippen LogP) is 9.26. The molecule has 4 aromatic rings. The van der Waals surface area contributed by atoms with Crippen molar-refractivity contribution in [3.63, 3.8) is 0 Å². The van der Waals surface area contributed by atoms with Crippen molar-refractivity contribution in [3.05, 3.63) is 117 Å². The molecule has 0 saturated heterocycles. The number of rotatable bonds is 18. The third-order valence-corrected chi connectivity index (χ3v) is 10.1. The molecule has 0 aromatic heterocycles. The summed E-state index contributed by atoms with van der Waals surface area (Å²) in [5.74, 6) is 0.595. The lowest BCUT2D eigenvalue weighted by Gasteiger charge is -2.44. The van der Waals surface area contributed by atoms with Crippen molar-refractivity contribution in [1.29, 1.82) is 0 Å². The van der Waals surface area contributed by atoms with Crippen molar-refractivity contribution in [3.8, 4) is 0 Å². The van der Waals surface area contributed by atoms with Crippen LogP contribution in [0.4, 0.5) is 0 Å². The number of halogens is 4. The smallest absolute Gasteiger partial charge is 0.238 e. The Bertz CT molecular complexity index is 1250. The van der Waals surface area contributed by atoms with Crippen LogP contribution in [0.1, 0.15) is 96.8 Å². The maximum atomic E-state index is 6.22. The van der Waals surface area contributed by atoms with Crippen LogP contribution in [0, 0.1) is 0 Å². The third kappa shape index (κ3) is 12.8. The van der Waals surface area contributed by atoms with Crippen molar-refractivity contribution in [2.75, 3.05) is 0 Å². The SMILES string of the molecule is CCCCCCCCCCCCCCCC(N)=[NH2+].Clc1ccc([B-](c2ccc(Cl)cc2)(c2ccc(Cl)cc2)c2ccc(Cl)cc2)cc1. The maximum Gasteiger partial charge on any atom is 0.238 e. The lowest BCUT2D eigenvalue weighted by molar-refractivity contribution is -0.118. The second-order valence-electron chi connectivity index (χ2n) is 12.6. The molecule has 0 radical (unpaired) electrons. The Hall–Kier alpha value is -2.43. The molecular formula is C40H51BCl4N2. The fourth-order valence-electron chi connectivity index (χ4n) is 6.51. The Kier molecular flexibility index (Phi) is 17.9. The van der Waals surface area contributed by atoms with Crippen molar-refractivity contribution in [1.82, 2.24) is 0 Å². The molecule has 0 aliphatic rings. The lowest BCUT2D eigenvalue weighted by atomic mass is 9.13. The van der Waals surface area contributed by atoms with Crippen LogP contribution in [0.2, 0.25) is 20.1 Å². The lowest BCUT2D eigenvalue weighted by Crippen LogP contribution is -2.74. The molecule has 0 aliphatic carbocycles. The van der Waals surface area contributed by atoms with Crippen molar-refractivity contribution in [2.45, 2.75) is 96.8 Å². The summed E-state index contributed by atoms with van der Waals surface area (Å²) in [5, 5.41) is 8.21. The third-order valence-electron chi connectivity index (χ3n) is 9.05. The van der Waals surface area contributed by atoms with E-state index in [-0.39, 0.29) is 0 Å². The van der Waals surface area contributed by atoms with Crippen molar-refractivity contribution >= 4 is 80.2 Å². The van der Waals surface area contributed by atoms with Gasteiger partial charge in [-0.2, -0.15) is 21.9 Å². The van der Waals surface area contributed by atoms with Gasteiger partial charge in [-0.3, -0.25) is 11.1 Å². The van der Waals surface area contributed by atoms with Gasteiger partial charge in [0.05, 0.1) is 0 Å². The van der Waals surface area contributed by atoms with E-state index in [1.54, 1.807) is 0 Å². The number of hydrogen-bond donors (Lipinski definition) is 2. The van der Waals surface area contributed by atoms with Crippen LogP contribution in [0.25, 0.3) is 0 Å². The Morgan fingerprint density at radius 3 is 0.915 bits per heavy atom. The molecule has 0 unspecified atom stereocenters. The number of hydrogen-bond acceptors (Lipinski definition) is 0. The summed E-state index contributed by atoms with van der Waals surface area (Å²) in [6.45, 7) is 2.28. The molecule has 0 aliphatic heterocycles. The van der Waals surface area contributed by atoms with E-state index in [1.165, 1.54) is 83.5 Å². The molecule has 47 heavy (non-hydrogen) atoms. The first-order chi connectivity index (χ1) is 22.8. The summed E-state index contributed by atoms with van der Waals surface area (Å²) < 4.78 is 0. The highest BCUT2D eigenvalue weighted by molar-refractivity contribution is 7.19. The zero-order valence-electron chi connectivity index (χ0n) is 27.9. The molecule has 0 bridgehead atoms. The first-order valence-corrected chi connectivity index (χ1v) is 18.8. The molecule has 4 rings (SSSR count). The minimum absolute atomic E-state index is 0.595. The van der Waals surface area contributed by atoms with Crippen LogP contribution in [0.5, 0.6) is 0 Å². The van der Waals surface area contributed by atoms with Crippen LogP contribution in [0.15, 0.2) is 97.1 Å². The largest absolute Gasteiger partial charge is 0.291 e. The monoisotopic (exact) mass is 710 g/mol. The molecule has 0 amide bonds. The average molecular weight is 712 g/mol. The highest BCUT2D eigenvalue weighted by Crippen LogP contribution is 2.17. The number of nitrogens with two attached hydrogens (primary N) is 2. The summed E-state index contributed by atoms with van der Waals surface area (Å²) in [5.41, 5.74) is 9.99. The second-order valence-corrected chi connectivity index (χ2v) is 14.4. The van der Waals surface area contributed by atoms with E-state index in [4.69, 9.17) is 57.5 Å². The molecule has 2 nitrogen and oxygen atoms in total. The normalized spacial score (nSPS) is 11.2. The van der Waals surface area contributed by atoms with Crippen LogP contribution < -0.4 is 33.0 Å². The average Bonchev–Trinajstić information content (AvgIpc) is 3.07. The molecule has 0 heterocycles. The van der Waals surface area contributed by atoms with E-state index in [0.29, 0.717) is 25.9 Å². The summed E-state index contributed by atoms with van der Waals surface area (Å²) in [7, 11) is 0. The van der Waals surface area contributed by atoms with Gasteiger partial charge in [-0.1, -0.05) is 179 Å². The van der Waals surface area contributed by atoms with Gasteiger partial charge in [0, 0.05) is 26.5 Å². The summed E-state index contributed by atoms with van der Waals surface area (Å²) in [6, 6.07) is 32.1. The number of benzene rings is 4. The van der Waals surface area contributed by atoms with Crippen LogP contribution in [-0.4, -0.2) is 12.0 Å². The Labute approximate surface area is 303 Å². The topological polar surface area (TPSA) is 51.6 Å². The van der Waals surface area contributed by atoms with E-state index in [1.807, 2.05) is 48.5 Å². The van der Waals surface area contributed by atoms with E-state index >= 15 is 0 Å². The molecule has 0 saturated carbocycles. The Balaban J connectivity index is 0.000000290. The van der Waals surface area contributed by atoms with E-state index < -0.39 is 6.15 Å². The van der Waals surface area contributed by atoms with Crippen molar-refractivity contribution in [2.24, 2.45) is 5.73 Å². The van der Waals surface area contributed by atoms with Gasteiger partial charge in [-0.25, -0.2) is 0 Å². The van der Waals surface area contributed by atoms with Gasteiger partial charge in [0.1, 0.15) is 6.15 Å². The van der Waals surface area contributed by atoms with Gasteiger partial charge in [-0.05, 0) is 55.0 Å². The van der Waals surface area contributed by atoms with E-state index in [9.17, 15) is 0 Å². The molecule has 4 N–H and O–H groups in total. The molecular weight excluding hydrogens is 661 g/mol. The Morgan fingerprint density at radius 2 is 0.681 bits per heavy atom. The molecule has 0 spiro atoms. The van der Waals surface area contributed by atoms with Crippen LogP contribution in [-0.2, 0) is 0 Å². The molecule has 4 aromatic carbocycles. The minimum Gasteiger partial charge on any atom is -0.291 e. The summed E-state index contributed by atoms with van der Waals surface area (Å²) >= 11 is 24.9. The van der Waals surface area contributed by atoms with E-state index in [2.05, 4.69) is 55.5 Å². The standard InChI is InChI=1S/C24H16BCl4.C16H34N2/c26-21-9-1-17(2-10-21)25(18-3-11-22(27)12-4-18,19-5-13-23(28)14-6-19)20-7-15-24(29)16-8-20;1-2-3-4-5-6-7-8-9-10-11-12-13-14-15-16(17)18/h1-16H;2-15H2,1H3,(H3,17,18)/q-1;/p+1. The zero-order valence-corrected chi connectivity index (χ0v) is 30.9. The van der Waals surface area contributed by atoms with Gasteiger partial charge < -0.3 is 0 Å². The number of amidine groups is 1. The maximum absolute atomic E-state index is 6.22. The summed E-state index contributed by atoms with van der Waals surface area (Å²) in [6.07, 6.45) is 17.4. The van der Waals surface area contributed by atoms with Crippen LogP contribution in [0.3, 0.4) is 0 Å². The van der Waals surface area contributed by atoms with Gasteiger partial charge in [-0.15, -0.1) is 0 Å². The minimum atomic E-state index is -1.51. The molecule has 252 valence electrons. The van der Waals surface area contributed by atoms with Gasteiger partial charge in [0.15, 0.2) is 0 Å². The van der Waals surface area contributed by atoms with Gasteiger partial charge in [0.2, 0.25) is 5.84 Å². The first-order valence-electron chi connectivity index (χ1n) is 17.3. The quantitative estimate of drug-likeness (QED) is 0.0460. The van der Waals surface area contributed by atoms with Crippen LogP contribution >= 0.6 is 46.4 Å². The van der Waals surface area contributed by atoms with Crippen molar-refractivity contribution < 1.29 is 5.41 Å². The molecule has 0 fully saturated rings. The fourth-order valence-corrected chi connectivity index (χ4v) is 7.01. The van der Waals surface area contributed by atoms with Gasteiger partial charge >= 0.3 is 0 Å². The van der Waals surface area contributed by atoms with E-state index in [0.717, 1.165) is 28.3 Å². The first kappa shape index (κ1) is 39.0. The summed E-state index contributed by atoms with van der Waals surface area (Å²) in [4.78, 5) is 0. The number of unbranched alkanes of at least 4 members (excludes halogenated alkanes) is 12. The highest BCUT2D eigenvalue weighted by Gasteiger charge is 2.31. The van der Waals surface area contributed by atoms with Gasteiger partial charge in [0.25, 0.3) is 0 Å². The highest BCUT2D eigenvalue weighted by atomic mass is 35.5. The fraction of sp³-hybridized carbons (Fsp3) is 0.375. The Morgan fingerprint density at radius 1 is 0.447 bits per heavy atom. The second kappa shape index (κ2) is 21.5. The molecule has 0 atom stereocenters. The predicted molar refractivity (Wildman–Crippen MR) is 212 cm³/mol.